The summed E-state index contributed by atoms with van der Waals surface area (Å²) in [6, 6.07) is 9.63. The summed E-state index contributed by atoms with van der Waals surface area (Å²) >= 11 is 0. The van der Waals surface area contributed by atoms with Gasteiger partial charge < -0.3 is 10.8 Å². The van der Waals surface area contributed by atoms with Crippen molar-refractivity contribution in [2.45, 2.75) is 0 Å². The third kappa shape index (κ3) is 1.50. The Morgan fingerprint density at radius 2 is 1.44 bits per heavy atom. The van der Waals surface area contributed by atoms with Crippen LogP contribution < -0.4 is 5.73 Å². The summed E-state index contributed by atoms with van der Waals surface area (Å²) in [7, 11) is 0. The Balaban J connectivity index is 2.87. The number of carboxylic acid groups (broad SMARTS) is 1. The molecular formula is C12H9NO3. The highest BCUT2D eigenvalue weighted by atomic mass is 16.4. The minimum absolute atomic E-state index is 0.167. The molecule has 0 heterocycles. The first-order valence-electron chi connectivity index (χ1n) is 4.66. The van der Waals surface area contributed by atoms with Crippen molar-refractivity contribution in [1.82, 2.24) is 0 Å². The number of primary amides is 1. The van der Waals surface area contributed by atoms with Gasteiger partial charge in [-0.15, -0.1) is 0 Å². The van der Waals surface area contributed by atoms with E-state index in [4.69, 9.17) is 10.8 Å². The second-order valence-corrected chi connectivity index (χ2v) is 3.38. The third-order valence-electron chi connectivity index (χ3n) is 2.42. The number of amides is 1. The highest BCUT2D eigenvalue weighted by Gasteiger charge is 2.12. The minimum atomic E-state index is -1.02. The number of benzene rings is 2. The van der Waals surface area contributed by atoms with Crippen LogP contribution in [0.3, 0.4) is 0 Å². The first kappa shape index (κ1) is 10.2. The van der Waals surface area contributed by atoms with Crippen molar-refractivity contribution in [1.29, 1.82) is 0 Å². The van der Waals surface area contributed by atoms with Gasteiger partial charge in [-0.3, -0.25) is 4.79 Å². The smallest absolute Gasteiger partial charge is 0.336 e. The second kappa shape index (κ2) is 3.66. The molecule has 0 radical (unpaired) electrons. The molecule has 0 aliphatic heterocycles. The van der Waals surface area contributed by atoms with Crippen LogP contribution in [0.1, 0.15) is 20.7 Å². The lowest BCUT2D eigenvalue weighted by Crippen LogP contribution is -2.12. The molecule has 1 amide bonds. The molecule has 0 saturated heterocycles. The van der Waals surface area contributed by atoms with Crippen LogP contribution in [-0.4, -0.2) is 17.0 Å². The minimum Gasteiger partial charge on any atom is -0.478 e. The Labute approximate surface area is 91.3 Å². The summed E-state index contributed by atoms with van der Waals surface area (Å²) in [4.78, 5) is 22.2. The van der Waals surface area contributed by atoms with Gasteiger partial charge in [-0.05, 0) is 22.9 Å². The number of hydrogen-bond acceptors (Lipinski definition) is 2. The predicted octanol–water partition coefficient (Wildman–Crippen LogP) is 1.64. The number of aromatic carboxylic acids is 1. The van der Waals surface area contributed by atoms with E-state index < -0.39 is 11.9 Å². The molecule has 0 spiro atoms. The molecule has 0 aromatic heterocycles. The van der Waals surface area contributed by atoms with E-state index in [9.17, 15) is 9.59 Å². The summed E-state index contributed by atoms with van der Waals surface area (Å²) in [6.07, 6.45) is 0. The van der Waals surface area contributed by atoms with Gasteiger partial charge in [0, 0.05) is 5.56 Å². The zero-order valence-corrected chi connectivity index (χ0v) is 8.31. The topological polar surface area (TPSA) is 80.4 Å². The molecule has 80 valence electrons. The SMILES string of the molecule is NC(=O)c1ccc(C(=O)O)c2ccccc12. The number of nitrogens with two attached hydrogens (primary N) is 1. The Hall–Kier alpha value is -2.36. The maximum atomic E-state index is 11.2. The normalized spacial score (nSPS) is 10.2. The summed E-state index contributed by atoms with van der Waals surface area (Å²) in [6.45, 7) is 0. The summed E-state index contributed by atoms with van der Waals surface area (Å²) in [5.41, 5.74) is 5.72. The average Bonchev–Trinajstić information content (AvgIpc) is 2.27. The van der Waals surface area contributed by atoms with Gasteiger partial charge in [0.15, 0.2) is 0 Å². The number of carbonyl (C=O) groups is 2. The van der Waals surface area contributed by atoms with Crippen LogP contribution in [0.4, 0.5) is 0 Å². The summed E-state index contributed by atoms with van der Waals surface area (Å²) < 4.78 is 0. The molecule has 2 rings (SSSR count). The van der Waals surface area contributed by atoms with Gasteiger partial charge in [0.2, 0.25) is 5.91 Å². The van der Waals surface area contributed by atoms with E-state index in [-0.39, 0.29) is 5.56 Å². The predicted molar refractivity (Wildman–Crippen MR) is 59.4 cm³/mol. The Morgan fingerprint density at radius 1 is 0.938 bits per heavy atom. The first-order chi connectivity index (χ1) is 7.61. The van der Waals surface area contributed by atoms with E-state index in [0.29, 0.717) is 16.3 Å². The standard InChI is InChI=1S/C12H9NO3/c13-11(14)9-5-6-10(12(15)16)8-4-2-1-3-7(8)9/h1-6H,(H2,13,14)(H,15,16). The van der Waals surface area contributed by atoms with Crippen molar-refractivity contribution < 1.29 is 14.7 Å². The fourth-order valence-corrected chi connectivity index (χ4v) is 1.70. The van der Waals surface area contributed by atoms with E-state index in [2.05, 4.69) is 0 Å². The van der Waals surface area contributed by atoms with Gasteiger partial charge in [0.1, 0.15) is 0 Å². The summed E-state index contributed by atoms with van der Waals surface area (Å²) in [5, 5.41) is 10.1. The molecule has 16 heavy (non-hydrogen) atoms. The molecule has 2 aromatic carbocycles. The van der Waals surface area contributed by atoms with E-state index in [0.717, 1.165) is 0 Å². The first-order valence-corrected chi connectivity index (χ1v) is 4.66. The van der Waals surface area contributed by atoms with Gasteiger partial charge >= 0.3 is 5.97 Å². The highest BCUT2D eigenvalue weighted by Crippen LogP contribution is 2.22. The molecule has 0 aliphatic carbocycles. The number of carbonyl (C=O) groups excluding carboxylic acids is 1. The maximum absolute atomic E-state index is 11.2. The van der Waals surface area contributed by atoms with Gasteiger partial charge in [-0.25, -0.2) is 4.79 Å². The number of hydrogen-bond donors (Lipinski definition) is 2. The van der Waals surface area contributed by atoms with E-state index in [1.165, 1.54) is 12.1 Å². The Kier molecular flexibility index (Phi) is 2.32. The van der Waals surface area contributed by atoms with Crippen molar-refractivity contribution in [3.05, 3.63) is 47.5 Å². The number of carboxylic acids is 1. The quantitative estimate of drug-likeness (QED) is 0.799. The average molecular weight is 215 g/mol. The van der Waals surface area contributed by atoms with Crippen LogP contribution in [0.25, 0.3) is 10.8 Å². The van der Waals surface area contributed by atoms with Gasteiger partial charge in [-0.1, -0.05) is 24.3 Å². The van der Waals surface area contributed by atoms with Crippen LogP contribution in [0.15, 0.2) is 36.4 Å². The number of rotatable bonds is 2. The van der Waals surface area contributed by atoms with Crippen LogP contribution in [-0.2, 0) is 0 Å². The lowest BCUT2D eigenvalue weighted by Gasteiger charge is -2.05. The molecule has 0 fully saturated rings. The van der Waals surface area contributed by atoms with Crippen LogP contribution >= 0.6 is 0 Å². The fraction of sp³-hybridized carbons (Fsp3) is 0. The van der Waals surface area contributed by atoms with Gasteiger partial charge in [-0.2, -0.15) is 0 Å². The molecule has 0 aliphatic rings. The maximum Gasteiger partial charge on any atom is 0.336 e. The third-order valence-corrected chi connectivity index (χ3v) is 2.42. The molecule has 4 nitrogen and oxygen atoms in total. The largest absolute Gasteiger partial charge is 0.478 e. The molecule has 3 N–H and O–H groups in total. The van der Waals surface area contributed by atoms with Crippen molar-refractivity contribution in [2.75, 3.05) is 0 Å². The molecule has 0 unspecified atom stereocenters. The van der Waals surface area contributed by atoms with E-state index in [1.54, 1.807) is 24.3 Å². The lowest BCUT2D eigenvalue weighted by atomic mass is 9.99. The van der Waals surface area contributed by atoms with Crippen molar-refractivity contribution in [3.8, 4) is 0 Å². The van der Waals surface area contributed by atoms with Crippen LogP contribution in [0.5, 0.6) is 0 Å². The molecule has 0 saturated carbocycles. The zero-order valence-electron chi connectivity index (χ0n) is 8.31. The van der Waals surface area contributed by atoms with Crippen molar-refractivity contribution in [3.63, 3.8) is 0 Å². The van der Waals surface area contributed by atoms with Gasteiger partial charge in [0.05, 0.1) is 5.56 Å². The highest BCUT2D eigenvalue weighted by molar-refractivity contribution is 6.12. The molecular weight excluding hydrogens is 206 g/mol. The van der Waals surface area contributed by atoms with E-state index in [1.807, 2.05) is 0 Å². The Bertz CT molecular complexity index is 537. The Morgan fingerprint density at radius 3 is 1.94 bits per heavy atom. The van der Waals surface area contributed by atoms with Crippen LogP contribution in [0, 0.1) is 0 Å². The van der Waals surface area contributed by atoms with Crippen molar-refractivity contribution in [2.24, 2.45) is 5.73 Å². The lowest BCUT2D eigenvalue weighted by molar-refractivity contribution is 0.0698. The van der Waals surface area contributed by atoms with Crippen LogP contribution in [0.2, 0.25) is 0 Å². The molecule has 4 heteroatoms. The molecule has 0 bridgehead atoms. The fourth-order valence-electron chi connectivity index (χ4n) is 1.70. The van der Waals surface area contributed by atoms with E-state index >= 15 is 0 Å². The summed E-state index contributed by atoms with van der Waals surface area (Å²) in [5.74, 6) is -1.58. The zero-order chi connectivity index (χ0) is 11.7. The van der Waals surface area contributed by atoms with Gasteiger partial charge in [0.25, 0.3) is 0 Å². The second-order valence-electron chi connectivity index (χ2n) is 3.38. The monoisotopic (exact) mass is 215 g/mol. The van der Waals surface area contributed by atoms with Crippen molar-refractivity contribution >= 4 is 22.6 Å². The molecule has 0 atom stereocenters. The number of fused-ring (bicyclic) bond motifs is 1. The molecule has 2 aromatic rings.